The molecule has 4 nitrogen and oxygen atoms in total. The van der Waals surface area contributed by atoms with Gasteiger partial charge in [-0.2, -0.15) is 0 Å². The highest BCUT2D eigenvalue weighted by molar-refractivity contribution is 5.67. The van der Waals surface area contributed by atoms with E-state index in [4.69, 9.17) is 0 Å². The maximum atomic E-state index is 9.42. The van der Waals surface area contributed by atoms with Crippen LogP contribution in [0.3, 0.4) is 0 Å². The summed E-state index contributed by atoms with van der Waals surface area (Å²) in [7, 11) is 0. The molecule has 4 heteroatoms. The Kier molecular flexibility index (Phi) is 3.02. The van der Waals surface area contributed by atoms with Crippen LogP contribution in [0.1, 0.15) is 11.1 Å². The smallest absolute Gasteiger partial charge is 0.200 e. The second kappa shape index (κ2) is 4.49. The van der Waals surface area contributed by atoms with Crippen LogP contribution in [-0.4, -0.2) is 15.3 Å². The topological polar surface area (TPSA) is 72.7 Å². The first kappa shape index (κ1) is 12.1. The average Bonchev–Trinajstić information content (AvgIpc) is 2.24. The number of aromatic hydroxyl groups is 3. The molecule has 2 rings (SSSR count). The molecule has 0 amide bonds. The second-order valence-electron chi connectivity index (χ2n) is 4.36. The minimum absolute atomic E-state index is 0.359. The first-order valence-corrected chi connectivity index (χ1v) is 5.56. The maximum Gasteiger partial charge on any atom is 0.200 e. The van der Waals surface area contributed by atoms with Gasteiger partial charge < -0.3 is 20.6 Å². The molecule has 0 fully saturated rings. The maximum absolute atomic E-state index is 9.42. The van der Waals surface area contributed by atoms with Crippen molar-refractivity contribution in [2.45, 2.75) is 13.8 Å². The van der Waals surface area contributed by atoms with Gasteiger partial charge in [0.2, 0.25) is 0 Å². The minimum Gasteiger partial charge on any atom is -0.504 e. The van der Waals surface area contributed by atoms with E-state index in [1.54, 1.807) is 0 Å². The molecule has 4 N–H and O–H groups in total. The molecular formula is C14H15NO3. The van der Waals surface area contributed by atoms with E-state index in [0.29, 0.717) is 5.69 Å². The SMILES string of the molecule is Cc1cc(C)cc(Nc2cc(O)c(O)c(O)c2)c1. The van der Waals surface area contributed by atoms with Crippen LogP contribution >= 0.6 is 0 Å². The lowest BCUT2D eigenvalue weighted by Gasteiger charge is -2.10. The molecule has 0 heterocycles. The van der Waals surface area contributed by atoms with Gasteiger partial charge in [-0.3, -0.25) is 0 Å². The molecule has 0 aliphatic rings. The highest BCUT2D eigenvalue weighted by atomic mass is 16.3. The lowest BCUT2D eigenvalue weighted by Crippen LogP contribution is -1.92. The molecular weight excluding hydrogens is 230 g/mol. The summed E-state index contributed by atoms with van der Waals surface area (Å²) in [6.45, 7) is 3.98. The summed E-state index contributed by atoms with van der Waals surface area (Å²) in [6, 6.07) is 8.66. The van der Waals surface area contributed by atoms with E-state index in [-0.39, 0.29) is 11.5 Å². The zero-order valence-electron chi connectivity index (χ0n) is 10.2. The predicted octanol–water partition coefficient (Wildman–Crippen LogP) is 3.16. The van der Waals surface area contributed by atoms with Crippen LogP contribution in [-0.2, 0) is 0 Å². The van der Waals surface area contributed by atoms with Crippen LogP contribution < -0.4 is 5.32 Å². The first-order valence-electron chi connectivity index (χ1n) is 5.56. The van der Waals surface area contributed by atoms with Crippen molar-refractivity contribution in [1.29, 1.82) is 0 Å². The van der Waals surface area contributed by atoms with Crippen molar-refractivity contribution in [2.75, 3.05) is 5.32 Å². The van der Waals surface area contributed by atoms with Crippen LogP contribution in [0.15, 0.2) is 30.3 Å². The fourth-order valence-corrected chi connectivity index (χ4v) is 1.89. The minimum atomic E-state index is -0.513. The van der Waals surface area contributed by atoms with Crippen molar-refractivity contribution in [3.8, 4) is 17.2 Å². The second-order valence-corrected chi connectivity index (χ2v) is 4.36. The number of phenolic OH excluding ortho intramolecular Hbond substituents is 3. The highest BCUT2D eigenvalue weighted by Crippen LogP contribution is 2.38. The third kappa shape index (κ3) is 2.48. The van der Waals surface area contributed by atoms with Gasteiger partial charge in [-0.1, -0.05) is 6.07 Å². The number of aryl methyl sites for hydroxylation is 2. The van der Waals surface area contributed by atoms with Gasteiger partial charge in [0.1, 0.15) is 0 Å². The van der Waals surface area contributed by atoms with Crippen molar-refractivity contribution in [1.82, 2.24) is 0 Å². The van der Waals surface area contributed by atoms with Crippen molar-refractivity contribution in [3.63, 3.8) is 0 Å². The Balaban J connectivity index is 2.34. The van der Waals surface area contributed by atoms with Gasteiger partial charge in [0.15, 0.2) is 17.2 Å². The van der Waals surface area contributed by atoms with Crippen LogP contribution in [0.5, 0.6) is 17.2 Å². The van der Waals surface area contributed by atoms with Crippen LogP contribution in [0.2, 0.25) is 0 Å². The van der Waals surface area contributed by atoms with E-state index in [1.165, 1.54) is 12.1 Å². The van der Waals surface area contributed by atoms with Crippen molar-refractivity contribution >= 4 is 11.4 Å². The zero-order chi connectivity index (χ0) is 13.3. The molecule has 2 aromatic carbocycles. The Bertz CT molecular complexity index is 550. The van der Waals surface area contributed by atoms with Gasteiger partial charge in [-0.15, -0.1) is 0 Å². The van der Waals surface area contributed by atoms with Crippen LogP contribution in [0, 0.1) is 13.8 Å². The molecule has 0 unspecified atom stereocenters. The van der Waals surface area contributed by atoms with Gasteiger partial charge in [0, 0.05) is 23.5 Å². The van der Waals surface area contributed by atoms with E-state index >= 15 is 0 Å². The molecule has 0 bridgehead atoms. The Morgan fingerprint density at radius 3 is 1.67 bits per heavy atom. The molecule has 2 aromatic rings. The van der Waals surface area contributed by atoms with Gasteiger partial charge in [-0.05, 0) is 37.1 Å². The molecule has 94 valence electrons. The predicted molar refractivity (Wildman–Crippen MR) is 70.6 cm³/mol. The third-order valence-corrected chi connectivity index (χ3v) is 2.58. The van der Waals surface area contributed by atoms with Gasteiger partial charge in [0.05, 0.1) is 0 Å². The summed E-state index contributed by atoms with van der Waals surface area (Å²) in [6.07, 6.45) is 0. The molecule has 18 heavy (non-hydrogen) atoms. The summed E-state index contributed by atoms with van der Waals surface area (Å²) < 4.78 is 0. The van der Waals surface area contributed by atoms with Crippen LogP contribution in [0.4, 0.5) is 11.4 Å². The first-order chi connectivity index (χ1) is 8.45. The normalized spacial score (nSPS) is 10.3. The zero-order valence-corrected chi connectivity index (χ0v) is 10.2. The number of phenols is 3. The van der Waals surface area contributed by atoms with Crippen molar-refractivity contribution in [2.24, 2.45) is 0 Å². The Labute approximate surface area is 105 Å². The monoisotopic (exact) mass is 245 g/mol. The molecule has 0 radical (unpaired) electrons. The number of hydrogen-bond donors (Lipinski definition) is 4. The van der Waals surface area contributed by atoms with E-state index in [2.05, 4.69) is 11.4 Å². The third-order valence-electron chi connectivity index (χ3n) is 2.58. The number of rotatable bonds is 2. The molecule has 0 saturated heterocycles. The summed E-state index contributed by atoms with van der Waals surface area (Å²) in [5.74, 6) is -1.23. The molecule has 0 atom stereocenters. The van der Waals surface area contributed by atoms with E-state index in [1.807, 2.05) is 26.0 Å². The van der Waals surface area contributed by atoms with Gasteiger partial charge in [-0.25, -0.2) is 0 Å². The summed E-state index contributed by atoms with van der Waals surface area (Å²) in [5, 5.41) is 31.2. The van der Waals surface area contributed by atoms with E-state index < -0.39 is 5.75 Å². The fraction of sp³-hybridized carbons (Fsp3) is 0.143. The fourth-order valence-electron chi connectivity index (χ4n) is 1.89. The Hall–Kier alpha value is -2.36. The number of benzene rings is 2. The van der Waals surface area contributed by atoms with Crippen molar-refractivity contribution < 1.29 is 15.3 Å². The lowest BCUT2D eigenvalue weighted by atomic mass is 10.1. The Morgan fingerprint density at radius 2 is 1.17 bits per heavy atom. The molecule has 0 spiro atoms. The van der Waals surface area contributed by atoms with E-state index in [0.717, 1.165) is 16.8 Å². The molecule has 0 saturated carbocycles. The summed E-state index contributed by atoms with van der Waals surface area (Å²) >= 11 is 0. The van der Waals surface area contributed by atoms with Crippen molar-refractivity contribution in [3.05, 3.63) is 41.5 Å². The summed E-state index contributed by atoms with van der Waals surface area (Å²) in [4.78, 5) is 0. The standard InChI is InChI=1S/C14H15NO3/c1-8-3-9(2)5-10(4-8)15-11-6-12(16)14(18)13(17)7-11/h3-7,15-18H,1-2H3. The van der Waals surface area contributed by atoms with Gasteiger partial charge in [0.25, 0.3) is 0 Å². The molecule has 0 aromatic heterocycles. The quantitative estimate of drug-likeness (QED) is 0.484. The molecule has 0 aliphatic carbocycles. The Morgan fingerprint density at radius 1 is 0.722 bits per heavy atom. The molecule has 0 aliphatic heterocycles. The van der Waals surface area contributed by atoms with Gasteiger partial charge >= 0.3 is 0 Å². The van der Waals surface area contributed by atoms with E-state index in [9.17, 15) is 15.3 Å². The number of nitrogens with one attached hydrogen (secondary N) is 1. The number of hydrogen-bond acceptors (Lipinski definition) is 4. The lowest BCUT2D eigenvalue weighted by molar-refractivity contribution is 0.368. The summed E-state index contributed by atoms with van der Waals surface area (Å²) in [5.41, 5.74) is 3.60. The van der Waals surface area contributed by atoms with Crippen LogP contribution in [0.25, 0.3) is 0 Å². The highest BCUT2D eigenvalue weighted by Gasteiger charge is 2.08. The average molecular weight is 245 g/mol. The largest absolute Gasteiger partial charge is 0.504 e. The number of anilines is 2.